The summed E-state index contributed by atoms with van der Waals surface area (Å²) in [5, 5.41) is 13.8. The average Bonchev–Trinajstić information content (AvgIpc) is 4.02. The maximum atomic E-state index is 14.7. The Kier molecular flexibility index (Phi) is 11.2. The van der Waals surface area contributed by atoms with Gasteiger partial charge in [0.25, 0.3) is 5.91 Å². The summed E-state index contributed by atoms with van der Waals surface area (Å²) in [5.74, 6) is -2.43. The van der Waals surface area contributed by atoms with E-state index in [1.165, 1.54) is 17.1 Å². The molecule has 16 heteroatoms. The van der Waals surface area contributed by atoms with Crippen LogP contribution in [0.4, 0.5) is 4.79 Å². The average molecular weight is 754 g/mol. The molecule has 2 heterocycles. The van der Waals surface area contributed by atoms with E-state index in [1.54, 1.807) is 71.3 Å². The summed E-state index contributed by atoms with van der Waals surface area (Å²) in [6, 6.07) is 4.44. The predicted octanol–water partition coefficient (Wildman–Crippen LogP) is 3.33. The van der Waals surface area contributed by atoms with Gasteiger partial charge in [0, 0.05) is 35.9 Å². The zero-order chi connectivity index (χ0) is 38.9. The van der Waals surface area contributed by atoms with Crippen molar-refractivity contribution in [3.63, 3.8) is 0 Å². The molecule has 0 bridgehead atoms. The fourth-order valence-corrected chi connectivity index (χ4v) is 8.26. The smallest absolute Gasteiger partial charge is 0.408 e. The number of nitrogens with zero attached hydrogens (tertiary/aromatic N) is 3. The van der Waals surface area contributed by atoms with E-state index >= 15 is 0 Å². The number of sulfonamides is 1. The zero-order valence-electron chi connectivity index (χ0n) is 30.5. The van der Waals surface area contributed by atoms with E-state index in [0.717, 1.165) is 10.3 Å². The third-order valence-electron chi connectivity index (χ3n) is 9.85. The van der Waals surface area contributed by atoms with Crippen LogP contribution in [0, 0.1) is 5.92 Å². The van der Waals surface area contributed by atoms with Gasteiger partial charge in [0.1, 0.15) is 29.5 Å². The second-order valence-corrected chi connectivity index (χ2v) is 16.7. The van der Waals surface area contributed by atoms with Crippen LogP contribution in [0.15, 0.2) is 55.3 Å². The molecule has 1 aliphatic heterocycles. The van der Waals surface area contributed by atoms with Crippen LogP contribution in [-0.4, -0.2) is 106 Å². The number of nitrogens with one attached hydrogen (secondary N) is 2. The van der Waals surface area contributed by atoms with Crippen molar-refractivity contribution >= 4 is 50.4 Å². The Morgan fingerprint density at radius 2 is 1.91 bits per heavy atom. The summed E-state index contributed by atoms with van der Waals surface area (Å²) < 4.78 is 39.2. The van der Waals surface area contributed by atoms with E-state index in [4.69, 9.17) is 9.47 Å². The molecule has 15 nitrogen and oxygen atoms in total. The van der Waals surface area contributed by atoms with Crippen molar-refractivity contribution in [1.29, 1.82) is 0 Å². The molecule has 3 N–H and O–H groups in total. The molecule has 1 aromatic heterocycles. The van der Waals surface area contributed by atoms with E-state index < -0.39 is 74.3 Å². The van der Waals surface area contributed by atoms with Crippen LogP contribution in [0.2, 0.25) is 0 Å². The number of methoxy groups -OCH3 is 1. The van der Waals surface area contributed by atoms with Crippen molar-refractivity contribution in [2.24, 2.45) is 5.92 Å². The van der Waals surface area contributed by atoms with Gasteiger partial charge < -0.3 is 24.8 Å². The molecule has 3 aliphatic rings. The van der Waals surface area contributed by atoms with E-state index in [-0.39, 0.29) is 43.9 Å². The van der Waals surface area contributed by atoms with Gasteiger partial charge in [-0.3, -0.25) is 28.8 Å². The number of ether oxygens (including phenoxy) is 2. The number of hydrogen-bond donors (Lipinski definition) is 3. The summed E-state index contributed by atoms with van der Waals surface area (Å²) in [7, 11) is -2.40. The lowest BCUT2D eigenvalue weighted by Gasteiger charge is -2.41. The SMILES string of the molecule is C=C[C@@H]1C[C@]1(NC(=O)[C@@H]1C[C@@H](Oc2nccc3cc(OC)ccc23)CN1C(=O)[C@H](CCC(=O)C=CC)N(C(=O)O)C(C)(C)C)C(=O)NS(=O)(=O)C1CC1. The standard InChI is InChI=1S/C37H47N5O10S/c1-7-9-24(43)10-15-29(42(35(47)48)36(3,4)5)33(45)41-21-26(52-32-28-14-11-25(51-6)18-22(28)16-17-38-32)19-30(41)31(44)39-37(20-23(37)8-2)34(46)40-53(49,50)27-12-13-27/h7-9,11,14,16-18,23,26-27,29-30H,2,10,12-13,15,19-21H2,1,3-6H3,(H,39,44)(H,40,46)(H,47,48)/t23-,26-,29+,30+,37-/m1/s1. The largest absolute Gasteiger partial charge is 0.497 e. The molecule has 3 fully saturated rings. The van der Waals surface area contributed by atoms with Crippen molar-refractivity contribution in [3.05, 3.63) is 55.3 Å². The van der Waals surface area contributed by atoms with Crippen LogP contribution in [0.5, 0.6) is 11.6 Å². The molecule has 2 aliphatic carbocycles. The van der Waals surface area contributed by atoms with Gasteiger partial charge in [-0.1, -0.05) is 12.2 Å². The molecule has 2 saturated carbocycles. The highest BCUT2D eigenvalue weighted by Crippen LogP contribution is 2.45. The zero-order valence-corrected chi connectivity index (χ0v) is 31.4. The molecule has 0 radical (unpaired) electrons. The van der Waals surface area contributed by atoms with Crippen LogP contribution in [-0.2, 0) is 29.2 Å². The molecule has 286 valence electrons. The Morgan fingerprint density at radius 1 is 1.19 bits per heavy atom. The number of carbonyl (C=O) groups excluding carboxylic acids is 4. The molecular formula is C37H47N5O10S. The van der Waals surface area contributed by atoms with Gasteiger partial charge in [0.2, 0.25) is 27.7 Å². The van der Waals surface area contributed by atoms with Gasteiger partial charge in [-0.15, -0.1) is 6.58 Å². The van der Waals surface area contributed by atoms with Crippen LogP contribution in [0.3, 0.4) is 0 Å². The third kappa shape index (κ3) is 8.47. The molecule has 4 amide bonds. The van der Waals surface area contributed by atoms with Crippen molar-refractivity contribution in [3.8, 4) is 11.6 Å². The molecule has 1 aromatic carbocycles. The number of benzene rings is 1. The molecule has 2 aromatic rings. The van der Waals surface area contributed by atoms with E-state index in [1.807, 2.05) is 0 Å². The first-order chi connectivity index (χ1) is 24.9. The normalized spacial score (nSPS) is 23.3. The van der Waals surface area contributed by atoms with E-state index in [9.17, 15) is 37.5 Å². The Balaban J connectivity index is 1.49. The quantitative estimate of drug-likeness (QED) is 0.178. The first-order valence-electron chi connectivity index (χ1n) is 17.5. The van der Waals surface area contributed by atoms with Gasteiger partial charge in [0.05, 0.1) is 18.9 Å². The topological polar surface area (TPSA) is 202 Å². The number of amides is 4. The summed E-state index contributed by atoms with van der Waals surface area (Å²) in [6.45, 7) is 10.1. The third-order valence-corrected chi connectivity index (χ3v) is 11.7. The predicted molar refractivity (Wildman–Crippen MR) is 195 cm³/mol. The van der Waals surface area contributed by atoms with Crippen LogP contribution in [0.25, 0.3) is 10.8 Å². The lowest BCUT2D eigenvalue weighted by molar-refractivity contribution is -0.144. The Labute approximate surface area is 308 Å². The van der Waals surface area contributed by atoms with Crippen molar-refractivity contribution in [1.82, 2.24) is 24.8 Å². The maximum absolute atomic E-state index is 14.7. The molecule has 5 rings (SSSR count). The molecule has 53 heavy (non-hydrogen) atoms. The lowest BCUT2D eigenvalue weighted by Crippen LogP contribution is -2.61. The van der Waals surface area contributed by atoms with Gasteiger partial charge in [-0.25, -0.2) is 18.2 Å². The molecule has 5 atom stereocenters. The highest BCUT2D eigenvalue weighted by atomic mass is 32.2. The summed E-state index contributed by atoms with van der Waals surface area (Å²) in [6.07, 6.45) is 4.24. The number of ketones is 1. The fraction of sp³-hybridized carbons (Fsp3) is 0.514. The minimum absolute atomic E-state index is 0.0740. The number of likely N-dealkylation sites (tertiary alicyclic amines) is 1. The highest BCUT2D eigenvalue weighted by molar-refractivity contribution is 7.91. The second kappa shape index (κ2) is 15.2. The summed E-state index contributed by atoms with van der Waals surface area (Å²) >= 11 is 0. The van der Waals surface area contributed by atoms with Crippen molar-refractivity contribution in [2.45, 2.75) is 101 Å². The Hall–Kier alpha value is -4.99. The van der Waals surface area contributed by atoms with Crippen LogP contribution < -0.4 is 19.5 Å². The van der Waals surface area contributed by atoms with Crippen LogP contribution in [0.1, 0.15) is 66.2 Å². The van der Waals surface area contributed by atoms with Gasteiger partial charge in [-0.2, -0.15) is 0 Å². The molecule has 0 spiro atoms. The number of fused-ring (bicyclic) bond motifs is 1. The number of carboxylic acid groups (broad SMARTS) is 1. The number of allylic oxidation sites excluding steroid dienone is 2. The number of pyridine rings is 1. The Morgan fingerprint density at radius 3 is 2.49 bits per heavy atom. The molecule has 1 saturated heterocycles. The van der Waals surface area contributed by atoms with Gasteiger partial charge in [-0.05, 0) is 89.1 Å². The number of aromatic nitrogens is 1. The summed E-state index contributed by atoms with van der Waals surface area (Å²) in [5.41, 5.74) is -2.71. The van der Waals surface area contributed by atoms with Gasteiger partial charge >= 0.3 is 6.09 Å². The first-order valence-corrected chi connectivity index (χ1v) is 19.1. The summed E-state index contributed by atoms with van der Waals surface area (Å²) in [4.78, 5) is 74.3. The first kappa shape index (κ1) is 39.2. The lowest BCUT2D eigenvalue weighted by atomic mass is 9.98. The minimum atomic E-state index is -3.94. The second-order valence-electron chi connectivity index (χ2n) is 14.7. The fourth-order valence-electron chi connectivity index (χ4n) is 6.89. The number of carbonyl (C=O) groups is 5. The highest BCUT2D eigenvalue weighted by Gasteiger charge is 2.62. The van der Waals surface area contributed by atoms with E-state index in [2.05, 4.69) is 21.6 Å². The van der Waals surface area contributed by atoms with E-state index in [0.29, 0.717) is 24.0 Å². The monoisotopic (exact) mass is 753 g/mol. The van der Waals surface area contributed by atoms with Crippen molar-refractivity contribution in [2.75, 3.05) is 13.7 Å². The van der Waals surface area contributed by atoms with Crippen LogP contribution >= 0.6 is 0 Å². The minimum Gasteiger partial charge on any atom is -0.497 e. The number of hydrogen-bond acceptors (Lipinski definition) is 10. The molecule has 0 unspecified atom stereocenters. The van der Waals surface area contributed by atoms with Crippen molar-refractivity contribution < 1.29 is 47.0 Å². The Bertz CT molecular complexity index is 1940. The number of rotatable bonds is 15. The van der Waals surface area contributed by atoms with Gasteiger partial charge in [0.15, 0.2) is 5.78 Å². The maximum Gasteiger partial charge on any atom is 0.408 e. The molecular weight excluding hydrogens is 706 g/mol.